The first-order valence-electron chi connectivity index (χ1n) is 5.94. The van der Waals surface area contributed by atoms with Crippen LogP contribution in [0.1, 0.15) is 25.5 Å². The molecule has 1 aromatic rings. The molecule has 0 aromatic carbocycles. The van der Waals surface area contributed by atoms with E-state index in [1.807, 2.05) is 0 Å². The van der Waals surface area contributed by atoms with E-state index < -0.39 is 0 Å². The molecule has 0 N–H and O–H groups in total. The highest BCUT2D eigenvalue weighted by atomic mass is 35.5. The summed E-state index contributed by atoms with van der Waals surface area (Å²) in [7, 11) is 0. The molecule has 5 heteroatoms. The largest absolute Gasteiger partial charge is 0.377 e. The van der Waals surface area contributed by atoms with Crippen LogP contribution in [0.3, 0.4) is 0 Å². The predicted octanol–water partition coefficient (Wildman–Crippen LogP) is 2.04. The maximum Gasteiger partial charge on any atom is 0.132 e. The molecule has 0 spiro atoms. The molecule has 0 radical (unpaired) electrons. The van der Waals surface area contributed by atoms with Crippen LogP contribution in [0.2, 0.25) is 0 Å². The Labute approximate surface area is 107 Å². The van der Waals surface area contributed by atoms with Gasteiger partial charge in [-0.2, -0.15) is 0 Å². The van der Waals surface area contributed by atoms with Crippen LogP contribution in [0.5, 0.6) is 0 Å². The third kappa shape index (κ3) is 2.87. The molecule has 0 aliphatic carbocycles. The van der Waals surface area contributed by atoms with E-state index in [0.29, 0.717) is 18.4 Å². The summed E-state index contributed by atoms with van der Waals surface area (Å²) in [6.07, 6.45) is 1.63. The number of hydrogen-bond donors (Lipinski definition) is 0. The van der Waals surface area contributed by atoms with Gasteiger partial charge in [0.1, 0.15) is 12.1 Å². The molecule has 2 rings (SSSR count). The van der Waals surface area contributed by atoms with Gasteiger partial charge in [-0.05, 0) is 5.92 Å². The van der Waals surface area contributed by atoms with Crippen molar-refractivity contribution >= 4 is 17.4 Å². The molecule has 1 saturated heterocycles. The van der Waals surface area contributed by atoms with Crippen LogP contribution in [0.25, 0.3) is 0 Å². The summed E-state index contributed by atoms with van der Waals surface area (Å²) in [5.74, 6) is 1.92. The molecule has 1 aromatic heterocycles. The molecule has 1 aliphatic rings. The van der Waals surface area contributed by atoms with Gasteiger partial charge in [0.05, 0.1) is 19.3 Å². The molecule has 1 fully saturated rings. The quantitative estimate of drug-likeness (QED) is 0.775. The van der Waals surface area contributed by atoms with Gasteiger partial charge in [0.15, 0.2) is 0 Å². The molecule has 94 valence electrons. The SMILES string of the molecule is CC(C)c1cc(N2CCOCC2CCl)ncn1. The minimum Gasteiger partial charge on any atom is -0.377 e. The number of hydrogen-bond acceptors (Lipinski definition) is 4. The number of anilines is 1. The van der Waals surface area contributed by atoms with Gasteiger partial charge in [-0.15, -0.1) is 11.6 Å². The fraction of sp³-hybridized carbons (Fsp3) is 0.667. The Hall–Kier alpha value is -0.870. The van der Waals surface area contributed by atoms with E-state index in [9.17, 15) is 0 Å². The average Bonchev–Trinajstić information content (AvgIpc) is 2.39. The number of alkyl halides is 1. The van der Waals surface area contributed by atoms with Crippen molar-refractivity contribution in [3.63, 3.8) is 0 Å². The van der Waals surface area contributed by atoms with Gasteiger partial charge in [0.2, 0.25) is 0 Å². The summed E-state index contributed by atoms with van der Waals surface area (Å²) >= 11 is 5.96. The zero-order valence-electron chi connectivity index (χ0n) is 10.3. The van der Waals surface area contributed by atoms with Gasteiger partial charge < -0.3 is 9.64 Å². The second-order valence-corrected chi connectivity index (χ2v) is 4.84. The van der Waals surface area contributed by atoms with Gasteiger partial charge in [0.25, 0.3) is 0 Å². The van der Waals surface area contributed by atoms with E-state index in [1.165, 1.54) is 0 Å². The average molecular weight is 256 g/mol. The van der Waals surface area contributed by atoms with E-state index in [4.69, 9.17) is 16.3 Å². The highest BCUT2D eigenvalue weighted by molar-refractivity contribution is 6.18. The second-order valence-electron chi connectivity index (χ2n) is 4.53. The lowest BCUT2D eigenvalue weighted by molar-refractivity contribution is 0.0993. The molecule has 0 amide bonds. The molecule has 4 nitrogen and oxygen atoms in total. The molecule has 1 aliphatic heterocycles. The Morgan fingerprint density at radius 3 is 3.06 bits per heavy atom. The van der Waals surface area contributed by atoms with Gasteiger partial charge in [-0.25, -0.2) is 9.97 Å². The van der Waals surface area contributed by atoms with Gasteiger partial charge in [-0.3, -0.25) is 0 Å². The van der Waals surface area contributed by atoms with Crippen molar-refractivity contribution < 1.29 is 4.74 Å². The first-order valence-corrected chi connectivity index (χ1v) is 6.48. The molecule has 1 unspecified atom stereocenters. The molecule has 17 heavy (non-hydrogen) atoms. The second kappa shape index (κ2) is 5.65. The van der Waals surface area contributed by atoms with Crippen LogP contribution >= 0.6 is 11.6 Å². The zero-order chi connectivity index (χ0) is 12.3. The van der Waals surface area contributed by atoms with E-state index >= 15 is 0 Å². The van der Waals surface area contributed by atoms with Crippen LogP contribution in [0.15, 0.2) is 12.4 Å². The molecule has 1 atom stereocenters. The normalized spacial score (nSPS) is 20.9. The van der Waals surface area contributed by atoms with Crippen LogP contribution in [0.4, 0.5) is 5.82 Å². The third-order valence-corrected chi connectivity index (χ3v) is 3.32. The lowest BCUT2D eigenvalue weighted by Crippen LogP contribution is -2.47. The Kier molecular flexibility index (Phi) is 4.18. The summed E-state index contributed by atoms with van der Waals surface area (Å²) in [6, 6.07) is 2.26. The summed E-state index contributed by atoms with van der Waals surface area (Å²) < 4.78 is 5.43. The molecule has 0 bridgehead atoms. The summed E-state index contributed by atoms with van der Waals surface area (Å²) in [4.78, 5) is 10.8. The maximum absolute atomic E-state index is 5.96. The number of morpholine rings is 1. The van der Waals surface area contributed by atoms with Crippen molar-refractivity contribution in [2.45, 2.75) is 25.8 Å². The summed E-state index contributed by atoms with van der Waals surface area (Å²) in [6.45, 7) is 6.50. The number of ether oxygens (including phenoxy) is 1. The molecule has 0 saturated carbocycles. The topological polar surface area (TPSA) is 38.2 Å². The van der Waals surface area contributed by atoms with Crippen molar-refractivity contribution in [2.75, 3.05) is 30.5 Å². The summed E-state index contributed by atoms with van der Waals surface area (Å²) in [5, 5.41) is 0. The monoisotopic (exact) mass is 255 g/mol. The molecule has 2 heterocycles. The van der Waals surface area contributed by atoms with Gasteiger partial charge in [0, 0.05) is 24.2 Å². The minimum atomic E-state index is 0.209. The van der Waals surface area contributed by atoms with Gasteiger partial charge in [-0.1, -0.05) is 13.8 Å². The van der Waals surface area contributed by atoms with Crippen LogP contribution in [-0.4, -0.2) is 41.6 Å². The van der Waals surface area contributed by atoms with Crippen LogP contribution < -0.4 is 4.90 Å². The number of halogens is 1. The predicted molar refractivity (Wildman–Crippen MR) is 68.8 cm³/mol. The minimum absolute atomic E-state index is 0.209. The third-order valence-electron chi connectivity index (χ3n) is 2.97. The Morgan fingerprint density at radius 1 is 1.53 bits per heavy atom. The van der Waals surface area contributed by atoms with Crippen molar-refractivity contribution in [2.24, 2.45) is 0 Å². The van der Waals surface area contributed by atoms with Crippen molar-refractivity contribution in [1.29, 1.82) is 0 Å². The van der Waals surface area contributed by atoms with E-state index in [1.54, 1.807) is 6.33 Å². The molecular weight excluding hydrogens is 238 g/mol. The van der Waals surface area contributed by atoms with Crippen LogP contribution in [0, 0.1) is 0 Å². The number of aromatic nitrogens is 2. The summed E-state index contributed by atoms with van der Waals surface area (Å²) in [5.41, 5.74) is 1.06. The Bertz CT molecular complexity index is 373. The van der Waals surface area contributed by atoms with Crippen LogP contribution in [-0.2, 0) is 4.74 Å². The van der Waals surface area contributed by atoms with E-state index in [0.717, 1.165) is 24.7 Å². The zero-order valence-corrected chi connectivity index (χ0v) is 11.0. The standard InChI is InChI=1S/C12H18ClN3O/c1-9(2)11-5-12(15-8-14-11)16-3-4-17-7-10(16)6-13/h5,8-10H,3-4,6-7H2,1-2H3. The fourth-order valence-corrected chi connectivity index (χ4v) is 2.17. The highest BCUT2D eigenvalue weighted by Gasteiger charge is 2.23. The van der Waals surface area contributed by atoms with Crippen molar-refractivity contribution in [3.8, 4) is 0 Å². The Morgan fingerprint density at radius 2 is 2.35 bits per heavy atom. The lowest BCUT2D eigenvalue weighted by Gasteiger charge is -2.35. The first-order chi connectivity index (χ1) is 8.22. The van der Waals surface area contributed by atoms with E-state index in [-0.39, 0.29) is 6.04 Å². The first kappa shape index (κ1) is 12.6. The van der Waals surface area contributed by atoms with E-state index in [2.05, 4.69) is 34.8 Å². The van der Waals surface area contributed by atoms with Gasteiger partial charge >= 0.3 is 0 Å². The van der Waals surface area contributed by atoms with Crippen molar-refractivity contribution in [3.05, 3.63) is 18.1 Å². The maximum atomic E-state index is 5.96. The number of nitrogens with zero attached hydrogens (tertiary/aromatic N) is 3. The molecular formula is C12H18ClN3O. The fourth-order valence-electron chi connectivity index (χ4n) is 1.92. The van der Waals surface area contributed by atoms with Crippen molar-refractivity contribution in [1.82, 2.24) is 9.97 Å². The smallest absolute Gasteiger partial charge is 0.132 e. The lowest BCUT2D eigenvalue weighted by atomic mass is 10.1. The highest BCUT2D eigenvalue weighted by Crippen LogP contribution is 2.21. The number of rotatable bonds is 3. The Balaban J connectivity index is 2.22.